The lowest BCUT2D eigenvalue weighted by atomic mass is 10.0. The highest BCUT2D eigenvalue weighted by atomic mass is 32.2. The zero-order chi connectivity index (χ0) is 29.3. The molecule has 0 aromatic heterocycles. The molecule has 40 heavy (non-hydrogen) atoms. The Kier molecular flexibility index (Phi) is 11.0. The molecule has 2 amide bonds. The van der Waals surface area contributed by atoms with Gasteiger partial charge in [-0.05, 0) is 49.6 Å². The maximum Gasteiger partial charge on any atom is 0.310 e. The summed E-state index contributed by atoms with van der Waals surface area (Å²) >= 11 is 0. The first-order valence-electron chi connectivity index (χ1n) is 13.5. The fourth-order valence-corrected chi connectivity index (χ4v) is 5.56. The Morgan fingerprint density at radius 1 is 1.02 bits per heavy atom. The molecule has 1 heterocycles. The molecule has 1 saturated heterocycles. The number of anilines is 1. The number of nitrogens with zero attached hydrogens (tertiary/aromatic N) is 3. The lowest BCUT2D eigenvalue weighted by molar-refractivity contribution is -0.140. The molecule has 0 bridgehead atoms. The molecule has 0 saturated carbocycles. The monoisotopic (exact) mass is 569 g/mol. The lowest BCUT2D eigenvalue weighted by Gasteiger charge is -2.39. The van der Waals surface area contributed by atoms with Crippen molar-refractivity contribution in [2.45, 2.75) is 43.5 Å². The number of hydrogen-bond acceptors (Lipinski definition) is 7. The van der Waals surface area contributed by atoms with E-state index in [2.05, 4.69) is 16.2 Å². The number of hydrogen-bond donors (Lipinski definition) is 0. The zero-order valence-electron chi connectivity index (χ0n) is 23.5. The topological polar surface area (TPSA) is 104 Å². The quantitative estimate of drug-likeness (QED) is 0.286. The highest BCUT2D eigenvalue weighted by Crippen LogP contribution is 2.21. The summed E-state index contributed by atoms with van der Waals surface area (Å²) in [7, 11) is -2.00. The van der Waals surface area contributed by atoms with E-state index in [4.69, 9.17) is 0 Å². The second-order valence-corrected chi connectivity index (χ2v) is 12.0. The van der Waals surface area contributed by atoms with Crippen molar-refractivity contribution in [3.63, 3.8) is 0 Å². The van der Waals surface area contributed by atoms with E-state index in [-0.39, 0.29) is 41.2 Å². The lowest BCUT2D eigenvalue weighted by Crippen LogP contribution is -2.49. The first-order valence-corrected chi connectivity index (χ1v) is 15.3. The van der Waals surface area contributed by atoms with Gasteiger partial charge in [-0.1, -0.05) is 36.9 Å². The van der Waals surface area contributed by atoms with Crippen LogP contribution in [0, 0.1) is 0 Å². The third-order valence-electron chi connectivity index (χ3n) is 7.21. The molecule has 0 radical (unpaired) electrons. The summed E-state index contributed by atoms with van der Waals surface area (Å²) in [5.74, 6) is -0.786. The highest BCUT2D eigenvalue weighted by molar-refractivity contribution is 7.90. The zero-order valence-corrected chi connectivity index (χ0v) is 24.4. The van der Waals surface area contributed by atoms with Crippen molar-refractivity contribution in [3.8, 4) is 0 Å². The highest BCUT2D eigenvalue weighted by Gasteiger charge is 2.28. The number of methoxy groups -OCH3 is 1. The number of carbonyl (C=O) groups excluding carboxylic acids is 3. The summed E-state index contributed by atoms with van der Waals surface area (Å²) in [5, 5.41) is 0. The van der Waals surface area contributed by atoms with Gasteiger partial charge in [0.05, 0.1) is 24.8 Å². The van der Waals surface area contributed by atoms with Crippen molar-refractivity contribution < 1.29 is 27.5 Å². The Bertz CT molecular complexity index is 1290. The van der Waals surface area contributed by atoms with Crippen molar-refractivity contribution in [3.05, 3.63) is 72.3 Å². The third kappa shape index (κ3) is 8.50. The number of likely N-dealkylation sites (N-methyl/N-ethyl adjacent to an activating group) is 1. The van der Waals surface area contributed by atoms with Crippen LogP contribution in [0.15, 0.2) is 71.6 Å². The van der Waals surface area contributed by atoms with Crippen LogP contribution in [0.25, 0.3) is 0 Å². The summed E-state index contributed by atoms with van der Waals surface area (Å²) in [4.78, 5) is 44.1. The smallest absolute Gasteiger partial charge is 0.310 e. The number of benzene rings is 2. The van der Waals surface area contributed by atoms with Gasteiger partial charge in [0.15, 0.2) is 9.84 Å². The van der Waals surface area contributed by atoms with E-state index < -0.39 is 15.8 Å². The third-order valence-corrected chi connectivity index (χ3v) is 8.33. The Morgan fingerprint density at radius 3 is 2.20 bits per heavy atom. The van der Waals surface area contributed by atoms with Gasteiger partial charge in [0.1, 0.15) is 0 Å². The molecule has 0 aliphatic carbocycles. The van der Waals surface area contributed by atoms with Crippen LogP contribution in [0.5, 0.6) is 0 Å². The molecule has 0 unspecified atom stereocenters. The number of carbonyl (C=O) groups is 3. The van der Waals surface area contributed by atoms with E-state index in [0.717, 1.165) is 43.4 Å². The van der Waals surface area contributed by atoms with E-state index in [9.17, 15) is 22.8 Å². The number of rotatable bonds is 12. The fourth-order valence-electron chi connectivity index (χ4n) is 4.93. The van der Waals surface area contributed by atoms with Gasteiger partial charge in [0.2, 0.25) is 5.91 Å². The van der Waals surface area contributed by atoms with Crippen molar-refractivity contribution in [1.29, 1.82) is 0 Å². The van der Waals surface area contributed by atoms with Crippen LogP contribution in [0.1, 0.15) is 31.7 Å². The minimum absolute atomic E-state index is 0.0259. The van der Waals surface area contributed by atoms with Crippen LogP contribution >= 0.6 is 0 Å². The first kappa shape index (κ1) is 31.0. The number of piperidine rings is 1. The number of sulfone groups is 1. The van der Waals surface area contributed by atoms with Gasteiger partial charge in [-0.15, -0.1) is 0 Å². The summed E-state index contributed by atoms with van der Waals surface area (Å²) in [6, 6.07) is 15.9. The molecular weight excluding hydrogens is 530 g/mol. The largest absolute Gasteiger partial charge is 0.469 e. The molecule has 9 nitrogen and oxygen atoms in total. The minimum Gasteiger partial charge on any atom is -0.469 e. The standard InChI is InChI=1S/C30H39N3O6S/c1-5-32(28(34)22-24-11-13-27(14-12-24)40(4,37)38)26-15-17-31(18-16-26)19-20-33(25-9-7-6-8-10-25)30(36)23(2)21-29(35)39-3/h6-14,26H,2,5,15-22H2,1,3-4H3. The molecule has 1 fully saturated rings. The van der Waals surface area contributed by atoms with Crippen molar-refractivity contribution in [1.82, 2.24) is 9.80 Å². The van der Waals surface area contributed by atoms with Crippen LogP contribution in [-0.4, -0.2) is 88.1 Å². The minimum atomic E-state index is -3.28. The number of amides is 2. The fraction of sp³-hybridized carbons (Fsp3) is 0.433. The normalized spacial score (nSPS) is 14.4. The second-order valence-electron chi connectivity index (χ2n) is 9.99. The molecule has 0 atom stereocenters. The van der Waals surface area contributed by atoms with Crippen LogP contribution in [-0.2, 0) is 35.4 Å². The molecule has 0 spiro atoms. The Labute approximate surface area is 237 Å². The summed E-state index contributed by atoms with van der Waals surface area (Å²) in [6.07, 6.45) is 2.87. The molecule has 10 heteroatoms. The second kappa shape index (κ2) is 14.2. The van der Waals surface area contributed by atoms with E-state index in [1.54, 1.807) is 29.2 Å². The molecule has 1 aliphatic rings. The molecule has 1 aliphatic heterocycles. The van der Waals surface area contributed by atoms with E-state index >= 15 is 0 Å². The molecule has 0 N–H and O–H groups in total. The predicted octanol–water partition coefficient (Wildman–Crippen LogP) is 3.10. The van der Waals surface area contributed by atoms with E-state index in [0.29, 0.717) is 19.6 Å². The predicted molar refractivity (Wildman–Crippen MR) is 155 cm³/mol. The SMILES string of the molecule is C=C(CC(=O)OC)C(=O)N(CCN1CCC(N(CC)C(=O)Cc2ccc(S(C)(=O)=O)cc2)CC1)c1ccccc1. The Balaban J connectivity index is 1.56. The van der Waals surface area contributed by atoms with Crippen molar-refractivity contribution in [2.75, 3.05) is 51.0 Å². The number of likely N-dealkylation sites (tertiary alicyclic amines) is 1. The van der Waals surface area contributed by atoms with Gasteiger partial charge < -0.3 is 19.4 Å². The van der Waals surface area contributed by atoms with Crippen LogP contribution in [0.2, 0.25) is 0 Å². The van der Waals surface area contributed by atoms with Gasteiger partial charge in [-0.3, -0.25) is 14.4 Å². The summed E-state index contributed by atoms with van der Waals surface area (Å²) < 4.78 is 28.1. The van der Waals surface area contributed by atoms with Gasteiger partial charge in [0.25, 0.3) is 5.91 Å². The van der Waals surface area contributed by atoms with Gasteiger partial charge in [-0.25, -0.2) is 8.42 Å². The average Bonchev–Trinajstić information content (AvgIpc) is 2.94. The molecule has 2 aromatic rings. The molecular formula is C30H39N3O6S. The van der Waals surface area contributed by atoms with Gasteiger partial charge in [0, 0.05) is 56.3 Å². The summed E-state index contributed by atoms with van der Waals surface area (Å²) in [6.45, 7) is 9.05. The van der Waals surface area contributed by atoms with Crippen molar-refractivity contribution >= 4 is 33.3 Å². The molecule has 3 rings (SSSR count). The first-order chi connectivity index (χ1) is 19.0. The molecule has 216 valence electrons. The summed E-state index contributed by atoms with van der Waals surface area (Å²) in [5.41, 5.74) is 1.70. The van der Waals surface area contributed by atoms with Gasteiger partial charge in [-0.2, -0.15) is 0 Å². The average molecular weight is 570 g/mol. The maximum absolute atomic E-state index is 13.2. The molecule has 2 aromatic carbocycles. The number of esters is 1. The van der Waals surface area contributed by atoms with E-state index in [1.807, 2.05) is 42.2 Å². The van der Waals surface area contributed by atoms with Crippen LogP contribution < -0.4 is 4.90 Å². The number of ether oxygens (including phenoxy) is 1. The van der Waals surface area contributed by atoms with Crippen LogP contribution in [0.4, 0.5) is 5.69 Å². The maximum atomic E-state index is 13.2. The van der Waals surface area contributed by atoms with Gasteiger partial charge >= 0.3 is 5.97 Å². The number of para-hydroxylation sites is 1. The Hall–Kier alpha value is -3.50. The van der Waals surface area contributed by atoms with E-state index in [1.165, 1.54) is 7.11 Å². The van der Waals surface area contributed by atoms with Crippen molar-refractivity contribution in [2.24, 2.45) is 0 Å². The Morgan fingerprint density at radius 2 is 1.65 bits per heavy atom. The van der Waals surface area contributed by atoms with Crippen LogP contribution in [0.3, 0.4) is 0 Å².